The topological polar surface area (TPSA) is 21.6 Å². The highest BCUT2D eigenvalue weighted by Gasteiger charge is 1.97. The Bertz CT molecular complexity index is 679. The largest absolute Gasteiger partial charge is 0.489 e. The molecule has 0 aliphatic rings. The Balaban J connectivity index is 1.52. The number of ether oxygens (including phenoxy) is 1. The molecule has 0 heterocycles. The second-order valence-electron chi connectivity index (χ2n) is 7.70. The van der Waals surface area contributed by atoms with Gasteiger partial charge in [-0.15, -0.1) is 0 Å². The van der Waals surface area contributed by atoms with Gasteiger partial charge >= 0.3 is 0 Å². The van der Waals surface area contributed by atoms with Crippen molar-refractivity contribution in [2.75, 3.05) is 6.54 Å². The second-order valence-corrected chi connectivity index (χ2v) is 7.70. The first-order chi connectivity index (χ1) is 14.3. The summed E-state index contributed by atoms with van der Waals surface area (Å²) in [6.07, 6.45) is 15.4. The molecule has 2 aromatic carbocycles. The third-order valence-electron chi connectivity index (χ3n) is 5.08. The van der Waals surface area contributed by atoms with Crippen LogP contribution in [-0.2, 0) is 6.61 Å². The molecule has 158 valence electrons. The van der Waals surface area contributed by atoms with Crippen molar-refractivity contribution in [2.24, 2.45) is 4.99 Å². The fourth-order valence-corrected chi connectivity index (χ4v) is 3.26. The highest BCUT2D eigenvalue weighted by atomic mass is 19.1. The van der Waals surface area contributed by atoms with Gasteiger partial charge < -0.3 is 4.74 Å². The van der Waals surface area contributed by atoms with E-state index in [0.717, 1.165) is 23.4 Å². The molecule has 0 fully saturated rings. The van der Waals surface area contributed by atoms with Crippen molar-refractivity contribution in [3.8, 4) is 5.75 Å². The van der Waals surface area contributed by atoms with E-state index in [0.29, 0.717) is 6.61 Å². The molecule has 3 heteroatoms. The van der Waals surface area contributed by atoms with Gasteiger partial charge in [0.25, 0.3) is 0 Å². The van der Waals surface area contributed by atoms with Gasteiger partial charge in [-0.2, -0.15) is 0 Å². The van der Waals surface area contributed by atoms with Crippen molar-refractivity contribution in [2.45, 2.75) is 77.7 Å². The maximum Gasteiger partial charge on any atom is 0.123 e. The van der Waals surface area contributed by atoms with Crippen molar-refractivity contribution in [1.29, 1.82) is 0 Å². The van der Waals surface area contributed by atoms with Gasteiger partial charge in [-0.05, 0) is 53.9 Å². The molecule has 0 aliphatic heterocycles. The van der Waals surface area contributed by atoms with Crippen molar-refractivity contribution in [1.82, 2.24) is 0 Å². The lowest BCUT2D eigenvalue weighted by atomic mass is 10.1. The van der Waals surface area contributed by atoms with E-state index in [-0.39, 0.29) is 5.82 Å². The minimum absolute atomic E-state index is 0.227. The van der Waals surface area contributed by atoms with Crippen molar-refractivity contribution < 1.29 is 9.13 Å². The summed E-state index contributed by atoms with van der Waals surface area (Å²) >= 11 is 0. The quantitative estimate of drug-likeness (QED) is 0.222. The Morgan fingerprint density at radius 2 is 1.34 bits per heavy atom. The second kappa shape index (κ2) is 14.8. The minimum atomic E-state index is -0.227. The molecule has 2 aromatic rings. The summed E-state index contributed by atoms with van der Waals surface area (Å²) in [7, 11) is 0. The lowest BCUT2D eigenvalue weighted by Gasteiger charge is -2.06. The number of unbranched alkanes of at least 4 members (excludes halogenated alkanes) is 9. The SMILES string of the molecule is CCCCCCCCCCCCN=Cc1ccc(OCc2ccc(F)cc2)cc1. The van der Waals surface area contributed by atoms with Gasteiger partial charge in [0.1, 0.15) is 18.2 Å². The molecule has 0 bridgehead atoms. The number of aliphatic imine (C=N–C) groups is 1. The van der Waals surface area contributed by atoms with Crippen LogP contribution in [0.25, 0.3) is 0 Å². The van der Waals surface area contributed by atoms with Crippen LogP contribution < -0.4 is 4.74 Å². The van der Waals surface area contributed by atoms with E-state index < -0.39 is 0 Å². The smallest absolute Gasteiger partial charge is 0.123 e. The standard InChI is InChI=1S/C26H36FNO/c1-2-3-4-5-6-7-8-9-10-11-20-28-21-23-14-18-26(19-15-23)29-22-24-12-16-25(27)17-13-24/h12-19,21H,2-11,20,22H2,1H3. The molecule has 0 radical (unpaired) electrons. The van der Waals surface area contributed by atoms with Crippen molar-refractivity contribution in [3.05, 3.63) is 65.5 Å². The molecule has 0 spiro atoms. The first-order valence-electron chi connectivity index (χ1n) is 11.2. The van der Waals surface area contributed by atoms with Crippen molar-refractivity contribution in [3.63, 3.8) is 0 Å². The van der Waals surface area contributed by atoms with Gasteiger partial charge in [-0.3, -0.25) is 4.99 Å². The highest BCUT2D eigenvalue weighted by Crippen LogP contribution is 2.14. The zero-order valence-corrected chi connectivity index (χ0v) is 17.9. The average Bonchev–Trinajstić information content (AvgIpc) is 2.75. The van der Waals surface area contributed by atoms with Gasteiger partial charge in [0, 0.05) is 12.8 Å². The van der Waals surface area contributed by atoms with Crippen LogP contribution in [0.1, 0.15) is 82.3 Å². The van der Waals surface area contributed by atoms with Gasteiger partial charge in [0.2, 0.25) is 0 Å². The summed E-state index contributed by atoms with van der Waals surface area (Å²) in [6, 6.07) is 14.3. The minimum Gasteiger partial charge on any atom is -0.489 e. The summed E-state index contributed by atoms with van der Waals surface area (Å²) in [4.78, 5) is 4.54. The third kappa shape index (κ3) is 10.8. The summed E-state index contributed by atoms with van der Waals surface area (Å²) in [5.41, 5.74) is 2.04. The van der Waals surface area contributed by atoms with Crippen LogP contribution in [0.2, 0.25) is 0 Å². The number of benzene rings is 2. The fraction of sp³-hybridized carbons (Fsp3) is 0.500. The molecule has 0 atom stereocenters. The molecule has 0 aliphatic carbocycles. The van der Waals surface area contributed by atoms with E-state index in [9.17, 15) is 4.39 Å². The normalized spacial score (nSPS) is 11.2. The lowest BCUT2D eigenvalue weighted by molar-refractivity contribution is 0.306. The third-order valence-corrected chi connectivity index (χ3v) is 5.08. The van der Waals surface area contributed by atoms with Crippen LogP contribution in [0, 0.1) is 5.82 Å². The number of nitrogens with zero attached hydrogens (tertiary/aromatic N) is 1. The predicted molar refractivity (Wildman–Crippen MR) is 121 cm³/mol. The Morgan fingerprint density at radius 3 is 1.97 bits per heavy atom. The highest BCUT2D eigenvalue weighted by molar-refractivity contribution is 5.79. The first kappa shape index (κ1) is 23.1. The Hall–Kier alpha value is -2.16. The number of rotatable bonds is 15. The number of hydrogen-bond donors (Lipinski definition) is 0. The fourth-order valence-electron chi connectivity index (χ4n) is 3.26. The summed E-state index contributed by atoms with van der Waals surface area (Å²) in [6.45, 7) is 3.61. The van der Waals surface area contributed by atoms with Gasteiger partial charge in [-0.25, -0.2) is 4.39 Å². The molecule has 29 heavy (non-hydrogen) atoms. The molecule has 2 nitrogen and oxygen atoms in total. The van der Waals surface area contributed by atoms with E-state index in [1.54, 1.807) is 12.1 Å². The zero-order valence-electron chi connectivity index (χ0n) is 17.9. The van der Waals surface area contributed by atoms with Crippen LogP contribution >= 0.6 is 0 Å². The molecule has 2 rings (SSSR count). The molecular formula is C26H36FNO. The van der Waals surface area contributed by atoms with Crippen molar-refractivity contribution >= 4 is 6.21 Å². The van der Waals surface area contributed by atoms with E-state index in [1.165, 1.54) is 76.3 Å². The molecule has 0 unspecified atom stereocenters. The molecule has 0 amide bonds. The summed E-state index contributed by atoms with van der Waals surface area (Å²) in [5.74, 6) is 0.580. The van der Waals surface area contributed by atoms with E-state index in [1.807, 2.05) is 30.5 Å². The Morgan fingerprint density at radius 1 is 0.759 bits per heavy atom. The summed E-state index contributed by atoms with van der Waals surface area (Å²) < 4.78 is 18.6. The zero-order chi connectivity index (χ0) is 20.6. The number of hydrogen-bond acceptors (Lipinski definition) is 2. The number of halogens is 1. The average molecular weight is 398 g/mol. The molecule has 0 saturated carbocycles. The first-order valence-corrected chi connectivity index (χ1v) is 11.2. The van der Waals surface area contributed by atoms with E-state index in [4.69, 9.17) is 4.74 Å². The van der Waals surface area contributed by atoms with Gasteiger partial charge in [0.15, 0.2) is 0 Å². The van der Waals surface area contributed by atoms with Gasteiger partial charge in [0.05, 0.1) is 0 Å². The Kier molecular flexibility index (Phi) is 11.8. The van der Waals surface area contributed by atoms with Crippen LogP contribution in [0.15, 0.2) is 53.5 Å². The van der Waals surface area contributed by atoms with Crippen LogP contribution in [0.5, 0.6) is 5.75 Å². The summed E-state index contributed by atoms with van der Waals surface area (Å²) in [5, 5.41) is 0. The monoisotopic (exact) mass is 397 g/mol. The van der Waals surface area contributed by atoms with Crippen LogP contribution in [-0.4, -0.2) is 12.8 Å². The van der Waals surface area contributed by atoms with E-state index >= 15 is 0 Å². The Labute approximate surface area is 176 Å². The van der Waals surface area contributed by atoms with E-state index in [2.05, 4.69) is 11.9 Å². The molecular weight excluding hydrogens is 361 g/mol. The van der Waals surface area contributed by atoms with Crippen LogP contribution in [0.3, 0.4) is 0 Å². The molecule has 0 saturated heterocycles. The van der Waals surface area contributed by atoms with Crippen LogP contribution in [0.4, 0.5) is 4.39 Å². The molecule has 0 aromatic heterocycles. The maximum absolute atomic E-state index is 12.9. The molecule has 0 N–H and O–H groups in total. The maximum atomic E-state index is 12.9. The lowest BCUT2D eigenvalue weighted by Crippen LogP contribution is -1.95. The van der Waals surface area contributed by atoms with Gasteiger partial charge in [-0.1, -0.05) is 76.8 Å². The predicted octanol–water partition coefficient (Wildman–Crippen LogP) is 7.74.